The van der Waals surface area contributed by atoms with Gasteiger partial charge in [-0.25, -0.2) is 0 Å². The molecule has 0 N–H and O–H groups in total. The molecule has 0 saturated heterocycles. The zero-order valence-corrected chi connectivity index (χ0v) is 29.1. The molecule has 0 radical (unpaired) electrons. The maximum absolute atomic E-state index is 5.97. The molecule has 0 aliphatic carbocycles. The van der Waals surface area contributed by atoms with Gasteiger partial charge in [0.1, 0.15) is 0 Å². The van der Waals surface area contributed by atoms with Crippen molar-refractivity contribution in [2.24, 2.45) is 0 Å². The van der Waals surface area contributed by atoms with Crippen LogP contribution in [0.1, 0.15) is 226 Å². The van der Waals surface area contributed by atoms with E-state index in [0.29, 0.717) is 0 Å². The molecule has 0 fully saturated rings. The molecule has 41 heavy (non-hydrogen) atoms. The Balaban J connectivity index is 3.13. The van der Waals surface area contributed by atoms with E-state index in [1.165, 1.54) is 205 Å². The first-order valence-corrected chi connectivity index (χ1v) is 19.5. The predicted molar refractivity (Wildman–Crippen MR) is 185 cm³/mol. The Morgan fingerprint density at radius 3 is 0.854 bits per heavy atom. The van der Waals surface area contributed by atoms with Crippen molar-refractivity contribution in [2.75, 3.05) is 19.8 Å². The number of rotatable bonds is 37. The van der Waals surface area contributed by atoms with Crippen molar-refractivity contribution in [3.8, 4) is 0 Å². The van der Waals surface area contributed by atoms with Gasteiger partial charge in [-0.3, -0.25) is 0 Å². The van der Waals surface area contributed by atoms with Crippen LogP contribution in [0.15, 0.2) is 0 Å². The molecule has 0 aromatic carbocycles. The van der Waals surface area contributed by atoms with Gasteiger partial charge >= 0.3 is 0 Å². The van der Waals surface area contributed by atoms with Gasteiger partial charge in [0, 0.05) is 13.2 Å². The van der Waals surface area contributed by atoms with Gasteiger partial charge in [-0.05, 0) is 19.8 Å². The van der Waals surface area contributed by atoms with Crippen LogP contribution in [0.4, 0.5) is 0 Å². The van der Waals surface area contributed by atoms with Crippen LogP contribution < -0.4 is 0 Å². The van der Waals surface area contributed by atoms with E-state index < -0.39 is 0 Å². The number of hydrogen-bond donors (Lipinski definition) is 0. The number of unbranched alkanes of at least 4 members (excludes halogenated alkanes) is 30. The Hall–Kier alpha value is -0.0800. The van der Waals surface area contributed by atoms with Crippen molar-refractivity contribution >= 4 is 0 Å². The molecule has 2 heteroatoms. The summed E-state index contributed by atoms with van der Waals surface area (Å²) in [6, 6.07) is 0. The van der Waals surface area contributed by atoms with Crippen molar-refractivity contribution < 1.29 is 9.47 Å². The Morgan fingerprint density at radius 1 is 0.317 bits per heavy atom. The molecule has 2 nitrogen and oxygen atoms in total. The van der Waals surface area contributed by atoms with Crippen LogP contribution in [0.5, 0.6) is 0 Å². The van der Waals surface area contributed by atoms with Crippen LogP contribution >= 0.6 is 0 Å². The molecule has 0 aliphatic heterocycles. The molecular weight excluding hydrogens is 500 g/mol. The van der Waals surface area contributed by atoms with Crippen LogP contribution in [-0.2, 0) is 9.47 Å². The van der Waals surface area contributed by atoms with Crippen LogP contribution in [0.3, 0.4) is 0 Å². The first kappa shape index (κ1) is 40.9. The van der Waals surface area contributed by atoms with Gasteiger partial charge in [0.05, 0.1) is 12.7 Å². The first-order chi connectivity index (χ1) is 20.3. The SMILES string of the molecule is CCCCCCCCCCCCCCCCCCOCC(C)OCCCCCCCCCCCCCCCCCC. The fraction of sp³-hybridized carbons (Fsp3) is 1.00. The molecule has 248 valence electrons. The fourth-order valence-corrected chi connectivity index (χ4v) is 5.98. The summed E-state index contributed by atoms with van der Waals surface area (Å²) >= 11 is 0. The Bertz CT molecular complexity index is 437. The minimum Gasteiger partial charge on any atom is -0.379 e. The Morgan fingerprint density at radius 2 is 0.561 bits per heavy atom. The van der Waals surface area contributed by atoms with Gasteiger partial charge in [-0.1, -0.05) is 206 Å². The van der Waals surface area contributed by atoms with E-state index >= 15 is 0 Å². The average Bonchev–Trinajstić information content (AvgIpc) is 2.98. The summed E-state index contributed by atoms with van der Waals surface area (Å²) < 4.78 is 11.8. The Kier molecular flexibility index (Phi) is 37.9. The van der Waals surface area contributed by atoms with Gasteiger partial charge in [-0.15, -0.1) is 0 Å². The summed E-state index contributed by atoms with van der Waals surface area (Å²) in [4.78, 5) is 0. The minimum atomic E-state index is 0.243. The molecule has 0 saturated carbocycles. The third-order valence-electron chi connectivity index (χ3n) is 8.90. The molecule has 0 heterocycles. The summed E-state index contributed by atoms with van der Waals surface area (Å²) in [5, 5.41) is 0. The second kappa shape index (κ2) is 37.9. The van der Waals surface area contributed by atoms with Crippen molar-refractivity contribution in [3.63, 3.8) is 0 Å². The van der Waals surface area contributed by atoms with Crippen LogP contribution in [0.25, 0.3) is 0 Å². The third kappa shape index (κ3) is 37.9. The lowest BCUT2D eigenvalue weighted by Gasteiger charge is -2.13. The highest BCUT2D eigenvalue weighted by Gasteiger charge is 2.02. The number of hydrogen-bond acceptors (Lipinski definition) is 2. The third-order valence-corrected chi connectivity index (χ3v) is 8.90. The normalized spacial score (nSPS) is 12.4. The van der Waals surface area contributed by atoms with E-state index in [0.717, 1.165) is 19.8 Å². The predicted octanol–water partition coefficient (Wildman–Crippen LogP) is 13.9. The topological polar surface area (TPSA) is 18.5 Å². The second-order valence-electron chi connectivity index (χ2n) is 13.4. The van der Waals surface area contributed by atoms with Crippen molar-refractivity contribution in [1.29, 1.82) is 0 Å². The van der Waals surface area contributed by atoms with Crippen molar-refractivity contribution in [1.82, 2.24) is 0 Å². The lowest BCUT2D eigenvalue weighted by molar-refractivity contribution is -0.00869. The minimum absolute atomic E-state index is 0.243. The molecule has 1 unspecified atom stereocenters. The van der Waals surface area contributed by atoms with Crippen molar-refractivity contribution in [2.45, 2.75) is 232 Å². The summed E-state index contributed by atoms with van der Waals surface area (Å²) in [5.74, 6) is 0. The van der Waals surface area contributed by atoms with Gasteiger partial charge in [0.2, 0.25) is 0 Å². The molecule has 1 atom stereocenters. The van der Waals surface area contributed by atoms with Crippen LogP contribution in [-0.4, -0.2) is 25.9 Å². The largest absolute Gasteiger partial charge is 0.379 e. The van der Waals surface area contributed by atoms with Crippen molar-refractivity contribution in [3.05, 3.63) is 0 Å². The van der Waals surface area contributed by atoms with Gasteiger partial charge < -0.3 is 9.47 Å². The second-order valence-corrected chi connectivity index (χ2v) is 13.4. The standard InChI is InChI=1S/C39H80O2/c1-4-6-8-10-12-14-16-18-20-22-24-26-28-30-32-34-36-40-38-39(3)41-37-35-33-31-29-27-25-23-21-19-17-15-13-11-9-7-5-2/h39H,4-38H2,1-3H3. The maximum Gasteiger partial charge on any atom is 0.0780 e. The summed E-state index contributed by atoms with van der Waals surface area (Å²) in [6.07, 6.45) is 45.6. The first-order valence-electron chi connectivity index (χ1n) is 19.5. The molecular formula is C39H80O2. The summed E-state index contributed by atoms with van der Waals surface area (Å²) in [7, 11) is 0. The van der Waals surface area contributed by atoms with E-state index in [1.54, 1.807) is 0 Å². The number of ether oxygens (including phenoxy) is 2. The highest BCUT2D eigenvalue weighted by molar-refractivity contribution is 4.53. The summed E-state index contributed by atoms with van der Waals surface area (Å²) in [6.45, 7) is 9.34. The zero-order chi connectivity index (χ0) is 29.7. The average molecular weight is 581 g/mol. The van der Waals surface area contributed by atoms with Gasteiger partial charge in [0.15, 0.2) is 0 Å². The van der Waals surface area contributed by atoms with Gasteiger partial charge in [0.25, 0.3) is 0 Å². The van der Waals surface area contributed by atoms with E-state index in [2.05, 4.69) is 20.8 Å². The van der Waals surface area contributed by atoms with Crippen LogP contribution in [0, 0.1) is 0 Å². The summed E-state index contributed by atoms with van der Waals surface area (Å²) in [5.41, 5.74) is 0. The van der Waals surface area contributed by atoms with Crippen LogP contribution in [0.2, 0.25) is 0 Å². The van der Waals surface area contributed by atoms with E-state index in [9.17, 15) is 0 Å². The molecule has 0 aliphatic rings. The zero-order valence-electron chi connectivity index (χ0n) is 29.1. The van der Waals surface area contributed by atoms with Gasteiger partial charge in [-0.2, -0.15) is 0 Å². The lowest BCUT2D eigenvalue weighted by atomic mass is 10.0. The molecule has 0 amide bonds. The fourth-order valence-electron chi connectivity index (χ4n) is 5.98. The van der Waals surface area contributed by atoms with E-state index in [1.807, 2.05) is 0 Å². The lowest BCUT2D eigenvalue weighted by Crippen LogP contribution is -2.17. The monoisotopic (exact) mass is 581 g/mol. The highest BCUT2D eigenvalue weighted by atomic mass is 16.5. The smallest absolute Gasteiger partial charge is 0.0780 e. The quantitative estimate of drug-likeness (QED) is 0.0680. The van der Waals surface area contributed by atoms with E-state index in [-0.39, 0.29) is 6.10 Å². The molecule has 0 rings (SSSR count). The molecule has 0 bridgehead atoms. The molecule has 0 aromatic heterocycles. The maximum atomic E-state index is 5.97. The molecule has 0 aromatic rings. The van der Waals surface area contributed by atoms with E-state index in [4.69, 9.17) is 9.47 Å². The highest BCUT2D eigenvalue weighted by Crippen LogP contribution is 2.15. The molecule has 0 spiro atoms. The Labute approximate surface area is 261 Å².